The molecule has 4 rings (SSSR count). The molecule has 0 atom stereocenters. The van der Waals surface area contributed by atoms with Crippen LogP contribution in [0, 0.1) is 0 Å². The number of benzene rings is 2. The Morgan fingerprint density at radius 2 is 1.68 bits per heavy atom. The molecule has 2 aliphatic heterocycles. The van der Waals surface area contributed by atoms with Crippen molar-refractivity contribution in [3.05, 3.63) is 65.2 Å². The van der Waals surface area contributed by atoms with Crippen LogP contribution in [0.2, 0.25) is 0 Å². The third-order valence-electron chi connectivity index (χ3n) is 6.41. The molecule has 28 heavy (non-hydrogen) atoms. The number of fused-ring (bicyclic) bond motifs is 2. The summed E-state index contributed by atoms with van der Waals surface area (Å²) in [5.74, 6) is 0.717. The number of para-hydroxylation sites is 1. The van der Waals surface area contributed by atoms with Crippen molar-refractivity contribution < 1.29 is 9.59 Å². The molecule has 2 aromatic carbocycles. The lowest BCUT2D eigenvalue weighted by atomic mass is 9.73. The predicted octanol–water partition coefficient (Wildman–Crippen LogP) is 4.35. The number of amides is 2. The lowest BCUT2D eigenvalue weighted by Crippen LogP contribution is -2.50. The number of carbonyl (C=O) groups is 2. The van der Waals surface area contributed by atoms with Crippen molar-refractivity contribution in [2.45, 2.75) is 44.9 Å². The van der Waals surface area contributed by atoms with Crippen LogP contribution < -0.4 is 4.90 Å². The lowest BCUT2D eigenvalue weighted by Gasteiger charge is -2.38. The Morgan fingerprint density at radius 1 is 1.04 bits per heavy atom. The fraction of sp³-hybridized carbons (Fsp3) is 0.417. The third kappa shape index (κ3) is 2.83. The largest absolute Gasteiger partial charge is 0.339 e. The van der Waals surface area contributed by atoms with E-state index in [0.29, 0.717) is 38.4 Å². The molecular formula is C24H28N2O2. The minimum Gasteiger partial charge on any atom is -0.339 e. The van der Waals surface area contributed by atoms with Gasteiger partial charge >= 0.3 is 0 Å². The molecular weight excluding hydrogens is 348 g/mol. The average Bonchev–Trinajstić information content (AvgIpc) is 2.96. The monoisotopic (exact) mass is 376 g/mol. The number of anilines is 1. The molecule has 0 saturated carbocycles. The summed E-state index contributed by atoms with van der Waals surface area (Å²) < 4.78 is 0. The van der Waals surface area contributed by atoms with Gasteiger partial charge < -0.3 is 9.80 Å². The van der Waals surface area contributed by atoms with E-state index in [0.717, 1.165) is 16.8 Å². The smallest absolute Gasteiger partial charge is 0.253 e. The predicted molar refractivity (Wildman–Crippen MR) is 112 cm³/mol. The average molecular weight is 377 g/mol. The van der Waals surface area contributed by atoms with Crippen LogP contribution in [0.3, 0.4) is 0 Å². The standard InChI is InChI=1S/C24H28N2O2/c1-4-26-21-8-6-5-7-20(21)24(23(26)28)13-15-25(16-14-24)22(27)19-11-9-18(10-12-19)17(2)3/h5-12,17H,4,13-16H2,1-3H3. The zero-order valence-corrected chi connectivity index (χ0v) is 16.9. The molecule has 4 nitrogen and oxygen atoms in total. The minimum absolute atomic E-state index is 0.0660. The zero-order chi connectivity index (χ0) is 19.9. The van der Waals surface area contributed by atoms with Gasteiger partial charge in [0.25, 0.3) is 5.91 Å². The normalized spacial score (nSPS) is 18.1. The maximum absolute atomic E-state index is 13.2. The van der Waals surface area contributed by atoms with Gasteiger partial charge in [0.2, 0.25) is 5.91 Å². The SMILES string of the molecule is CCN1C(=O)C2(CCN(C(=O)c3ccc(C(C)C)cc3)CC2)c2ccccc21. The topological polar surface area (TPSA) is 40.6 Å². The van der Waals surface area contributed by atoms with Crippen molar-refractivity contribution >= 4 is 17.5 Å². The van der Waals surface area contributed by atoms with Crippen molar-refractivity contribution in [1.29, 1.82) is 0 Å². The van der Waals surface area contributed by atoms with Crippen molar-refractivity contribution in [1.82, 2.24) is 4.90 Å². The number of likely N-dealkylation sites (N-methyl/N-ethyl adjacent to an activating group) is 1. The fourth-order valence-electron chi connectivity index (χ4n) is 4.68. The van der Waals surface area contributed by atoms with Gasteiger partial charge in [0.15, 0.2) is 0 Å². The van der Waals surface area contributed by atoms with Gasteiger partial charge in [-0.05, 0) is 55.0 Å². The zero-order valence-electron chi connectivity index (χ0n) is 16.9. The van der Waals surface area contributed by atoms with E-state index in [1.165, 1.54) is 5.56 Å². The fourth-order valence-corrected chi connectivity index (χ4v) is 4.68. The first-order chi connectivity index (χ1) is 13.5. The molecule has 2 aliphatic rings. The van der Waals surface area contributed by atoms with Gasteiger partial charge in [0, 0.05) is 30.9 Å². The quantitative estimate of drug-likeness (QED) is 0.799. The number of carbonyl (C=O) groups excluding carboxylic acids is 2. The van der Waals surface area contributed by atoms with Crippen LogP contribution in [0.5, 0.6) is 0 Å². The van der Waals surface area contributed by atoms with E-state index in [4.69, 9.17) is 0 Å². The van der Waals surface area contributed by atoms with Crippen molar-refractivity contribution in [2.24, 2.45) is 0 Å². The summed E-state index contributed by atoms with van der Waals surface area (Å²) in [7, 11) is 0. The maximum atomic E-state index is 13.2. The molecule has 0 bridgehead atoms. The number of nitrogens with zero attached hydrogens (tertiary/aromatic N) is 2. The molecule has 2 aromatic rings. The maximum Gasteiger partial charge on any atom is 0.253 e. The third-order valence-corrected chi connectivity index (χ3v) is 6.41. The highest BCUT2D eigenvalue weighted by atomic mass is 16.2. The highest BCUT2D eigenvalue weighted by molar-refractivity contribution is 6.08. The second kappa shape index (κ2) is 7.08. The van der Waals surface area contributed by atoms with E-state index in [2.05, 4.69) is 19.9 Å². The number of rotatable bonds is 3. The summed E-state index contributed by atoms with van der Waals surface area (Å²) in [6.07, 6.45) is 1.38. The first-order valence-corrected chi connectivity index (χ1v) is 10.3. The van der Waals surface area contributed by atoms with E-state index in [1.54, 1.807) is 0 Å². The Balaban J connectivity index is 1.53. The molecule has 1 spiro atoms. The Hall–Kier alpha value is -2.62. The van der Waals surface area contributed by atoms with Gasteiger partial charge in [-0.3, -0.25) is 9.59 Å². The van der Waals surface area contributed by atoms with Crippen molar-refractivity contribution in [3.8, 4) is 0 Å². The van der Waals surface area contributed by atoms with Gasteiger partial charge in [-0.1, -0.05) is 44.2 Å². The second-order valence-electron chi connectivity index (χ2n) is 8.22. The van der Waals surface area contributed by atoms with Gasteiger partial charge in [-0.25, -0.2) is 0 Å². The molecule has 0 aromatic heterocycles. The second-order valence-corrected chi connectivity index (χ2v) is 8.22. The molecule has 0 unspecified atom stereocenters. The Bertz CT molecular complexity index is 893. The van der Waals surface area contributed by atoms with E-state index in [9.17, 15) is 9.59 Å². The summed E-state index contributed by atoms with van der Waals surface area (Å²) in [4.78, 5) is 30.0. The molecule has 0 radical (unpaired) electrons. The molecule has 0 aliphatic carbocycles. The Labute approximate surface area is 167 Å². The van der Waals surface area contributed by atoms with Crippen LogP contribution in [-0.2, 0) is 10.2 Å². The number of hydrogen-bond donors (Lipinski definition) is 0. The Kier molecular flexibility index (Phi) is 4.74. The lowest BCUT2D eigenvalue weighted by molar-refractivity contribution is -0.124. The first-order valence-electron chi connectivity index (χ1n) is 10.3. The molecule has 2 heterocycles. The Morgan fingerprint density at radius 3 is 2.29 bits per heavy atom. The summed E-state index contributed by atoms with van der Waals surface area (Å²) in [5, 5.41) is 0. The molecule has 2 amide bonds. The molecule has 146 valence electrons. The molecule has 4 heteroatoms. The van der Waals surface area contributed by atoms with Crippen LogP contribution in [-0.4, -0.2) is 36.3 Å². The summed E-state index contributed by atoms with van der Waals surface area (Å²) in [6.45, 7) is 8.23. The number of piperidine rings is 1. The number of likely N-dealkylation sites (tertiary alicyclic amines) is 1. The van der Waals surface area contributed by atoms with Crippen LogP contribution in [0.4, 0.5) is 5.69 Å². The molecule has 1 fully saturated rings. The van der Waals surface area contributed by atoms with E-state index in [-0.39, 0.29) is 11.8 Å². The highest BCUT2D eigenvalue weighted by Gasteiger charge is 2.51. The van der Waals surface area contributed by atoms with Crippen molar-refractivity contribution in [3.63, 3.8) is 0 Å². The van der Waals surface area contributed by atoms with Crippen molar-refractivity contribution in [2.75, 3.05) is 24.5 Å². The summed E-state index contributed by atoms with van der Waals surface area (Å²) in [6, 6.07) is 16.1. The number of hydrogen-bond acceptors (Lipinski definition) is 2. The van der Waals surface area contributed by atoms with Crippen LogP contribution in [0.1, 0.15) is 61.0 Å². The first kappa shape index (κ1) is 18.7. The van der Waals surface area contributed by atoms with Crippen LogP contribution in [0.15, 0.2) is 48.5 Å². The van der Waals surface area contributed by atoms with Gasteiger partial charge in [0.05, 0.1) is 5.41 Å². The molecule has 1 saturated heterocycles. The van der Waals surface area contributed by atoms with E-state index < -0.39 is 5.41 Å². The molecule has 0 N–H and O–H groups in total. The van der Waals surface area contributed by atoms with Gasteiger partial charge in [-0.15, -0.1) is 0 Å². The van der Waals surface area contributed by atoms with E-state index in [1.807, 2.05) is 59.2 Å². The van der Waals surface area contributed by atoms with E-state index >= 15 is 0 Å². The summed E-state index contributed by atoms with van der Waals surface area (Å²) in [5.41, 5.74) is 3.68. The highest BCUT2D eigenvalue weighted by Crippen LogP contribution is 2.47. The minimum atomic E-state index is -0.467. The van der Waals surface area contributed by atoms with Gasteiger partial charge in [-0.2, -0.15) is 0 Å². The van der Waals surface area contributed by atoms with Gasteiger partial charge in [0.1, 0.15) is 0 Å². The van der Waals surface area contributed by atoms with Crippen LogP contribution >= 0.6 is 0 Å². The summed E-state index contributed by atoms with van der Waals surface area (Å²) >= 11 is 0. The van der Waals surface area contributed by atoms with Crippen LogP contribution in [0.25, 0.3) is 0 Å².